The fraction of sp³-hybridized carbons (Fsp3) is 0.286. The number of rotatable bonds is 10. The number of fused-ring (bicyclic) bond motifs is 1. The molecule has 4 aromatic carbocycles. The highest BCUT2D eigenvalue weighted by molar-refractivity contribution is 6.00. The van der Waals surface area contributed by atoms with E-state index in [0.717, 1.165) is 10.8 Å². The number of phenolic OH excluding ortho intramolecular Hbond substituents is 2. The second-order valence-electron chi connectivity index (χ2n) is 11.6. The van der Waals surface area contributed by atoms with E-state index in [-0.39, 0.29) is 24.5 Å². The molecule has 0 aromatic heterocycles. The molecule has 4 N–H and O–H groups in total. The minimum Gasteiger partial charge on any atom is -0.508 e. The van der Waals surface area contributed by atoms with Gasteiger partial charge in [0.05, 0.1) is 0 Å². The standard InChI is InChI=1S/C35H39N3O6/c1-5-19-38(33(42)30(37-34(43)44-35(2,3)4)20-23-13-17-28(39)18-14-23)31(26-11-8-12-29(40)22-26)32(41)36-27-16-15-24-9-6-7-10-25(24)21-27/h6-18,21-22,30-31,39-40H,5,19-20H2,1-4H3,(H,36,41)(H,37,43). The van der Waals surface area contributed by atoms with Crippen molar-refractivity contribution in [1.82, 2.24) is 10.2 Å². The number of nitrogens with one attached hydrogen (secondary N) is 2. The van der Waals surface area contributed by atoms with E-state index in [0.29, 0.717) is 23.2 Å². The Hall–Kier alpha value is -5.05. The number of anilines is 1. The molecular weight excluding hydrogens is 558 g/mol. The van der Waals surface area contributed by atoms with Crippen LogP contribution in [0.25, 0.3) is 10.8 Å². The van der Waals surface area contributed by atoms with Gasteiger partial charge in [-0.2, -0.15) is 0 Å². The van der Waals surface area contributed by atoms with Crippen molar-refractivity contribution in [1.29, 1.82) is 0 Å². The number of alkyl carbamates (subject to hydrolysis) is 1. The number of carbonyl (C=O) groups excluding carboxylic acids is 3. The lowest BCUT2D eigenvalue weighted by molar-refractivity contribution is -0.140. The fourth-order valence-corrected chi connectivity index (χ4v) is 4.97. The number of hydrogen-bond donors (Lipinski definition) is 4. The minimum atomic E-state index is -1.14. The number of carbonyl (C=O) groups is 3. The van der Waals surface area contributed by atoms with Crippen LogP contribution in [-0.2, 0) is 20.7 Å². The SMILES string of the molecule is CCCN(C(=O)C(Cc1ccc(O)cc1)NC(=O)OC(C)(C)C)C(C(=O)Nc1ccc2ccccc2c1)c1cccc(O)c1. The zero-order valence-corrected chi connectivity index (χ0v) is 25.4. The van der Waals surface area contributed by atoms with E-state index in [2.05, 4.69) is 10.6 Å². The maximum absolute atomic E-state index is 14.4. The van der Waals surface area contributed by atoms with Crippen LogP contribution in [0.5, 0.6) is 11.5 Å². The van der Waals surface area contributed by atoms with Gasteiger partial charge in [-0.3, -0.25) is 9.59 Å². The number of amides is 3. The molecule has 9 heteroatoms. The maximum atomic E-state index is 14.4. The van der Waals surface area contributed by atoms with Crippen LogP contribution in [0.4, 0.5) is 10.5 Å². The van der Waals surface area contributed by atoms with Crippen molar-refractivity contribution >= 4 is 34.4 Å². The molecule has 0 heterocycles. The highest BCUT2D eigenvalue weighted by atomic mass is 16.6. The van der Waals surface area contributed by atoms with Crippen molar-refractivity contribution in [2.24, 2.45) is 0 Å². The number of nitrogens with zero attached hydrogens (tertiary/aromatic N) is 1. The van der Waals surface area contributed by atoms with Gasteiger partial charge in [-0.05, 0) is 85.5 Å². The first-order chi connectivity index (χ1) is 20.9. The average Bonchev–Trinajstić information content (AvgIpc) is 2.96. The summed E-state index contributed by atoms with van der Waals surface area (Å²) >= 11 is 0. The first-order valence-electron chi connectivity index (χ1n) is 14.6. The van der Waals surface area contributed by atoms with E-state index >= 15 is 0 Å². The van der Waals surface area contributed by atoms with Crippen LogP contribution in [0, 0.1) is 0 Å². The molecule has 44 heavy (non-hydrogen) atoms. The van der Waals surface area contributed by atoms with E-state index in [9.17, 15) is 24.6 Å². The topological polar surface area (TPSA) is 128 Å². The summed E-state index contributed by atoms with van der Waals surface area (Å²) in [5.41, 5.74) is 0.840. The summed E-state index contributed by atoms with van der Waals surface area (Å²) in [4.78, 5) is 42.8. The second-order valence-corrected chi connectivity index (χ2v) is 11.6. The van der Waals surface area contributed by atoms with E-state index in [1.54, 1.807) is 51.1 Å². The molecule has 0 aliphatic heterocycles. The summed E-state index contributed by atoms with van der Waals surface area (Å²) in [6.45, 7) is 7.25. The summed E-state index contributed by atoms with van der Waals surface area (Å²) < 4.78 is 5.46. The van der Waals surface area contributed by atoms with Gasteiger partial charge in [0.2, 0.25) is 5.91 Å². The fourth-order valence-electron chi connectivity index (χ4n) is 4.97. The Morgan fingerprint density at radius 2 is 1.55 bits per heavy atom. The van der Waals surface area contributed by atoms with Crippen LogP contribution < -0.4 is 10.6 Å². The quantitative estimate of drug-likeness (QED) is 0.170. The number of aromatic hydroxyl groups is 2. The molecule has 3 amide bonds. The lowest BCUT2D eigenvalue weighted by Crippen LogP contribution is -2.53. The van der Waals surface area contributed by atoms with Gasteiger partial charge in [-0.15, -0.1) is 0 Å². The summed E-state index contributed by atoms with van der Waals surface area (Å²) in [6.07, 6.45) is -0.180. The molecule has 4 rings (SSSR count). The summed E-state index contributed by atoms with van der Waals surface area (Å²) in [5, 5.41) is 27.7. The first kappa shape index (κ1) is 31.9. The lowest BCUT2D eigenvalue weighted by atomic mass is 9.99. The van der Waals surface area contributed by atoms with Crippen molar-refractivity contribution in [3.63, 3.8) is 0 Å². The molecule has 230 valence electrons. The Morgan fingerprint density at radius 1 is 0.841 bits per heavy atom. The number of hydrogen-bond acceptors (Lipinski definition) is 6. The van der Waals surface area contributed by atoms with Crippen molar-refractivity contribution in [2.75, 3.05) is 11.9 Å². The van der Waals surface area contributed by atoms with Gasteiger partial charge in [0, 0.05) is 18.7 Å². The minimum absolute atomic E-state index is 0.0533. The van der Waals surface area contributed by atoms with Gasteiger partial charge in [0.25, 0.3) is 5.91 Å². The van der Waals surface area contributed by atoms with Gasteiger partial charge in [-0.25, -0.2) is 4.79 Å². The molecule has 0 radical (unpaired) electrons. The third-order valence-corrected chi connectivity index (χ3v) is 6.88. The van der Waals surface area contributed by atoms with E-state index in [1.165, 1.54) is 29.2 Å². The Bertz CT molecular complexity index is 1610. The monoisotopic (exact) mass is 597 g/mol. The predicted octanol–water partition coefficient (Wildman–Crippen LogP) is 6.31. The van der Waals surface area contributed by atoms with Crippen LogP contribution in [-0.4, -0.2) is 51.2 Å². The summed E-state index contributed by atoms with van der Waals surface area (Å²) in [6, 6.07) is 23.7. The van der Waals surface area contributed by atoms with Gasteiger partial charge >= 0.3 is 6.09 Å². The van der Waals surface area contributed by atoms with E-state index in [4.69, 9.17) is 4.74 Å². The molecule has 0 spiro atoms. The second kappa shape index (κ2) is 13.9. The Kier molecular flexibility index (Phi) is 10.1. The van der Waals surface area contributed by atoms with Gasteiger partial charge in [0.15, 0.2) is 0 Å². The zero-order valence-electron chi connectivity index (χ0n) is 25.4. The summed E-state index contributed by atoms with van der Waals surface area (Å²) in [5.74, 6) is -0.970. The third kappa shape index (κ3) is 8.50. The summed E-state index contributed by atoms with van der Waals surface area (Å²) in [7, 11) is 0. The van der Waals surface area contributed by atoms with Crippen LogP contribution in [0.15, 0.2) is 91.0 Å². The Morgan fingerprint density at radius 3 is 2.20 bits per heavy atom. The van der Waals surface area contributed by atoms with Crippen molar-refractivity contribution in [3.05, 3.63) is 102 Å². The molecule has 2 atom stereocenters. The van der Waals surface area contributed by atoms with Crippen LogP contribution in [0.1, 0.15) is 51.3 Å². The molecule has 2 unspecified atom stereocenters. The highest BCUT2D eigenvalue weighted by Crippen LogP contribution is 2.28. The molecule has 9 nitrogen and oxygen atoms in total. The number of phenols is 2. The Balaban J connectivity index is 1.72. The van der Waals surface area contributed by atoms with Crippen LogP contribution in [0.2, 0.25) is 0 Å². The van der Waals surface area contributed by atoms with Crippen LogP contribution in [0.3, 0.4) is 0 Å². The van der Waals surface area contributed by atoms with Crippen molar-refractivity contribution in [2.45, 2.75) is 58.2 Å². The van der Waals surface area contributed by atoms with Gasteiger partial charge in [-0.1, -0.05) is 61.5 Å². The molecule has 0 aliphatic carbocycles. The highest BCUT2D eigenvalue weighted by Gasteiger charge is 2.36. The number of benzene rings is 4. The van der Waals surface area contributed by atoms with Crippen molar-refractivity contribution < 1.29 is 29.3 Å². The normalized spacial score (nSPS) is 12.6. The average molecular weight is 598 g/mol. The molecule has 0 aliphatic rings. The smallest absolute Gasteiger partial charge is 0.408 e. The zero-order chi connectivity index (χ0) is 31.9. The molecule has 4 aromatic rings. The molecule has 0 bridgehead atoms. The van der Waals surface area contributed by atoms with Crippen molar-refractivity contribution in [3.8, 4) is 11.5 Å². The third-order valence-electron chi connectivity index (χ3n) is 6.88. The van der Waals surface area contributed by atoms with Gasteiger partial charge < -0.3 is 30.5 Å². The largest absolute Gasteiger partial charge is 0.508 e. The molecule has 0 saturated carbocycles. The molecule has 0 saturated heterocycles. The number of ether oxygens (including phenoxy) is 1. The van der Waals surface area contributed by atoms with Gasteiger partial charge in [0.1, 0.15) is 29.2 Å². The molecular formula is C35H39N3O6. The van der Waals surface area contributed by atoms with E-state index in [1.807, 2.05) is 43.3 Å². The maximum Gasteiger partial charge on any atom is 0.408 e. The first-order valence-corrected chi connectivity index (χ1v) is 14.6. The van der Waals surface area contributed by atoms with E-state index < -0.39 is 35.6 Å². The lowest BCUT2D eigenvalue weighted by Gasteiger charge is -2.34. The molecule has 0 fully saturated rings. The predicted molar refractivity (Wildman–Crippen MR) is 170 cm³/mol. The van der Waals surface area contributed by atoms with Crippen LogP contribution >= 0.6 is 0 Å². The Labute approximate surface area is 257 Å².